The average Bonchev–Trinajstić information content (AvgIpc) is 2.40. The summed E-state index contributed by atoms with van der Waals surface area (Å²) in [4.78, 5) is 15.6. The summed E-state index contributed by atoms with van der Waals surface area (Å²) in [5, 5.41) is 0.289. The van der Waals surface area contributed by atoms with Crippen LogP contribution < -0.4 is 0 Å². The van der Waals surface area contributed by atoms with Crippen molar-refractivity contribution in [3.05, 3.63) is 53.5 Å². The van der Waals surface area contributed by atoms with Crippen LogP contribution >= 0.6 is 11.8 Å². The molecule has 7 heteroatoms. The van der Waals surface area contributed by atoms with Gasteiger partial charge in [-0.1, -0.05) is 11.8 Å². The molecule has 2 rings (SSSR count). The summed E-state index contributed by atoms with van der Waals surface area (Å²) in [5.74, 6) is -0.881. The third-order valence-corrected chi connectivity index (χ3v) is 3.63. The lowest BCUT2D eigenvalue weighted by atomic mass is 10.1. The summed E-state index contributed by atoms with van der Waals surface area (Å²) < 4.78 is 50.4. The zero-order valence-corrected chi connectivity index (χ0v) is 11.6. The van der Waals surface area contributed by atoms with Gasteiger partial charge in [0.15, 0.2) is 5.78 Å². The standard InChI is InChI=1S/C14H9F4NOS/c1-8(20)11-6-10(15)3-4-12(11)21-13-5-2-9(7-19-13)14(16,17)18/h2-7H,1H3. The van der Waals surface area contributed by atoms with E-state index in [2.05, 4.69) is 4.98 Å². The molecular formula is C14H9F4NOS. The summed E-state index contributed by atoms with van der Waals surface area (Å²) >= 11 is 1.00. The first-order valence-electron chi connectivity index (χ1n) is 5.79. The monoisotopic (exact) mass is 315 g/mol. The van der Waals surface area contributed by atoms with Gasteiger partial charge in [-0.15, -0.1) is 0 Å². The molecule has 21 heavy (non-hydrogen) atoms. The minimum Gasteiger partial charge on any atom is -0.294 e. The largest absolute Gasteiger partial charge is 0.417 e. The molecule has 1 aromatic heterocycles. The number of carbonyl (C=O) groups excluding carboxylic acids is 1. The maximum absolute atomic E-state index is 13.1. The first kappa shape index (κ1) is 15.5. The Morgan fingerprint density at radius 3 is 2.43 bits per heavy atom. The van der Waals surface area contributed by atoms with E-state index >= 15 is 0 Å². The molecule has 0 fully saturated rings. The van der Waals surface area contributed by atoms with E-state index in [0.717, 1.165) is 30.1 Å². The number of hydrogen-bond acceptors (Lipinski definition) is 3. The summed E-state index contributed by atoms with van der Waals surface area (Å²) in [6.07, 6.45) is -3.73. The van der Waals surface area contributed by atoms with Crippen LogP contribution in [0.5, 0.6) is 0 Å². The molecule has 2 aromatic rings. The van der Waals surface area contributed by atoms with E-state index in [-0.39, 0.29) is 16.4 Å². The van der Waals surface area contributed by atoms with Gasteiger partial charge in [-0.25, -0.2) is 9.37 Å². The first-order valence-corrected chi connectivity index (χ1v) is 6.60. The van der Waals surface area contributed by atoms with Crippen LogP contribution in [0.4, 0.5) is 17.6 Å². The molecule has 2 nitrogen and oxygen atoms in total. The van der Waals surface area contributed by atoms with Crippen LogP contribution in [0.1, 0.15) is 22.8 Å². The van der Waals surface area contributed by atoms with Crippen LogP contribution in [0.3, 0.4) is 0 Å². The zero-order valence-electron chi connectivity index (χ0n) is 10.7. The lowest BCUT2D eigenvalue weighted by molar-refractivity contribution is -0.137. The molecule has 0 atom stereocenters. The highest BCUT2D eigenvalue weighted by Gasteiger charge is 2.30. The SMILES string of the molecule is CC(=O)c1cc(F)ccc1Sc1ccc(C(F)(F)F)cn1. The van der Waals surface area contributed by atoms with Crippen LogP contribution in [0.2, 0.25) is 0 Å². The van der Waals surface area contributed by atoms with Crippen molar-refractivity contribution in [3.8, 4) is 0 Å². The van der Waals surface area contributed by atoms with E-state index in [1.807, 2.05) is 0 Å². The summed E-state index contributed by atoms with van der Waals surface area (Å²) in [6.45, 7) is 1.29. The van der Waals surface area contributed by atoms with E-state index in [4.69, 9.17) is 0 Å². The van der Waals surface area contributed by atoms with Gasteiger partial charge in [0, 0.05) is 16.7 Å². The number of nitrogens with zero attached hydrogens (tertiary/aromatic N) is 1. The summed E-state index contributed by atoms with van der Waals surface area (Å²) in [5.41, 5.74) is -0.681. The van der Waals surface area contributed by atoms with Crippen molar-refractivity contribution in [1.29, 1.82) is 0 Å². The maximum Gasteiger partial charge on any atom is 0.417 e. The zero-order chi connectivity index (χ0) is 15.6. The van der Waals surface area contributed by atoms with Crippen LogP contribution in [0, 0.1) is 5.82 Å². The van der Waals surface area contributed by atoms with E-state index in [1.54, 1.807) is 0 Å². The lowest BCUT2D eigenvalue weighted by Gasteiger charge is -2.08. The Kier molecular flexibility index (Phi) is 4.32. The third kappa shape index (κ3) is 3.81. The fourth-order valence-electron chi connectivity index (χ4n) is 1.59. The number of hydrogen-bond donors (Lipinski definition) is 0. The lowest BCUT2D eigenvalue weighted by Crippen LogP contribution is -2.05. The molecule has 0 N–H and O–H groups in total. The van der Waals surface area contributed by atoms with Gasteiger partial charge >= 0.3 is 6.18 Å². The second-order valence-corrected chi connectivity index (χ2v) is 5.24. The van der Waals surface area contributed by atoms with Crippen molar-refractivity contribution in [2.24, 2.45) is 0 Å². The highest BCUT2D eigenvalue weighted by Crippen LogP contribution is 2.33. The van der Waals surface area contributed by atoms with Gasteiger partial charge in [0.05, 0.1) is 5.56 Å². The molecule has 0 bridgehead atoms. The quantitative estimate of drug-likeness (QED) is 0.613. The maximum atomic E-state index is 13.1. The van der Waals surface area contributed by atoms with Gasteiger partial charge in [0.2, 0.25) is 0 Å². The Morgan fingerprint density at radius 2 is 1.90 bits per heavy atom. The van der Waals surface area contributed by atoms with Crippen molar-refractivity contribution in [2.75, 3.05) is 0 Å². The number of alkyl halides is 3. The molecule has 0 radical (unpaired) electrons. The van der Waals surface area contributed by atoms with Crippen molar-refractivity contribution >= 4 is 17.5 Å². The number of aromatic nitrogens is 1. The molecule has 1 aromatic carbocycles. The molecule has 0 unspecified atom stereocenters. The predicted molar refractivity (Wildman–Crippen MR) is 69.8 cm³/mol. The summed E-state index contributed by atoms with van der Waals surface area (Å²) in [7, 11) is 0. The van der Waals surface area contributed by atoms with Crippen LogP contribution in [-0.4, -0.2) is 10.8 Å². The second-order valence-electron chi connectivity index (χ2n) is 4.18. The molecule has 0 saturated heterocycles. The Balaban J connectivity index is 2.28. The number of rotatable bonds is 3. The molecule has 0 saturated carbocycles. The Hall–Kier alpha value is -1.89. The Bertz CT molecular complexity index is 668. The Morgan fingerprint density at radius 1 is 1.19 bits per heavy atom. The van der Waals surface area contributed by atoms with Crippen molar-refractivity contribution in [1.82, 2.24) is 4.98 Å². The highest BCUT2D eigenvalue weighted by atomic mass is 32.2. The van der Waals surface area contributed by atoms with Crippen LogP contribution in [0.15, 0.2) is 46.5 Å². The molecule has 0 aliphatic carbocycles. The highest BCUT2D eigenvalue weighted by molar-refractivity contribution is 7.99. The normalized spacial score (nSPS) is 11.5. The van der Waals surface area contributed by atoms with E-state index < -0.39 is 17.6 Å². The van der Waals surface area contributed by atoms with Crippen molar-refractivity contribution in [3.63, 3.8) is 0 Å². The predicted octanol–water partition coefficient (Wildman–Crippen LogP) is 4.59. The molecule has 1 heterocycles. The van der Waals surface area contributed by atoms with Crippen LogP contribution in [-0.2, 0) is 6.18 Å². The van der Waals surface area contributed by atoms with E-state index in [1.165, 1.54) is 25.1 Å². The average molecular weight is 315 g/mol. The van der Waals surface area contributed by atoms with Gasteiger partial charge in [0.1, 0.15) is 10.8 Å². The minimum atomic E-state index is -4.45. The summed E-state index contributed by atoms with van der Waals surface area (Å²) in [6, 6.07) is 5.79. The molecule has 0 aliphatic heterocycles. The topological polar surface area (TPSA) is 30.0 Å². The van der Waals surface area contributed by atoms with Crippen molar-refractivity contribution < 1.29 is 22.4 Å². The van der Waals surface area contributed by atoms with Crippen molar-refractivity contribution in [2.45, 2.75) is 23.0 Å². The molecule has 0 spiro atoms. The number of pyridine rings is 1. The van der Waals surface area contributed by atoms with E-state index in [9.17, 15) is 22.4 Å². The molecular weight excluding hydrogens is 306 g/mol. The van der Waals surface area contributed by atoms with Gasteiger partial charge < -0.3 is 0 Å². The van der Waals surface area contributed by atoms with Gasteiger partial charge in [-0.2, -0.15) is 13.2 Å². The molecule has 0 aliphatic rings. The number of carbonyl (C=O) groups is 1. The third-order valence-electron chi connectivity index (χ3n) is 2.60. The minimum absolute atomic E-state index is 0.168. The number of benzene rings is 1. The molecule has 110 valence electrons. The van der Waals surface area contributed by atoms with Crippen LogP contribution in [0.25, 0.3) is 0 Å². The van der Waals surface area contributed by atoms with Gasteiger partial charge in [0.25, 0.3) is 0 Å². The van der Waals surface area contributed by atoms with Gasteiger partial charge in [-0.05, 0) is 37.3 Å². The Labute approximate surface area is 122 Å². The second kappa shape index (κ2) is 5.85. The number of ketones is 1. The fraction of sp³-hybridized carbons (Fsp3) is 0.143. The number of Topliss-reactive ketones (excluding diaryl/α,β-unsaturated/α-hetero) is 1. The molecule has 0 amide bonds. The van der Waals surface area contributed by atoms with E-state index in [0.29, 0.717) is 4.90 Å². The first-order chi connectivity index (χ1) is 9.77. The van der Waals surface area contributed by atoms with Gasteiger partial charge in [-0.3, -0.25) is 4.79 Å². The fourth-order valence-corrected chi connectivity index (χ4v) is 2.50. The smallest absolute Gasteiger partial charge is 0.294 e. The number of halogens is 4.